The van der Waals surface area contributed by atoms with Crippen LogP contribution in [0.2, 0.25) is 0 Å². The molecule has 0 amide bonds. The molecule has 0 saturated heterocycles. The van der Waals surface area contributed by atoms with Gasteiger partial charge in [-0.25, -0.2) is 0 Å². The Bertz CT molecular complexity index is 639. The second kappa shape index (κ2) is 4.45. The first-order chi connectivity index (χ1) is 8.83. The molecule has 3 aromatic rings. The Balaban J connectivity index is 1.94. The monoisotopic (exact) mass is 235 g/mol. The maximum absolute atomic E-state index is 4.25. The van der Waals surface area contributed by atoms with Crippen molar-refractivity contribution in [2.75, 3.05) is 0 Å². The highest BCUT2D eigenvalue weighted by Crippen LogP contribution is 2.23. The molecule has 0 spiro atoms. The molecule has 0 unspecified atom stereocenters. The molecular formula is C15H13N3. The van der Waals surface area contributed by atoms with E-state index in [2.05, 4.69) is 45.5 Å². The Morgan fingerprint density at radius 3 is 2.33 bits per heavy atom. The Labute approximate surface area is 106 Å². The van der Waals surface area contributed by atoms with Gasteiger partial charge >= 0.3 is 0 Å². The zero-order valence-corrected chi connectivity index (χ0v) is 10.1. The highest BCUT2D eigenvalue weighted by molar-refractivity contribution is 5.68. The first-order valence-corrected chi connectivity index (χ1v) is 5.86. The molecule has 3 nitrogen and oxygen atoms in total. The van der Waals surface area contributed by atoms with E-state index in [0.717, 1.165) is 22.5 Å². The molecule has 2 aromatic heterocycles. The van der Waals surface area contributed by atoms with Crippen LogP contribution in [0.1, 0.15) is 5.69 Å². The molecular weight excluding hydrogens is 222 g/mol. The summed E-state index contributed by atoms with van der Waals surface area (Å²) in [7, 11) is 0. The number of aromatic amines is 1. The van der Waals surface area contributed by atoms with Crippen LogP contribution < -0.4 is 0 Å². The van der Waals surface area contributed by atoms with Crippen LogP contribution in [0.5, 0.6) is 0 Å². The van der Waals surface area contributed by atoms with Crippen LogP contribution in [-0.4, -0.2) is 15.2 Å². The fourth-order valence-electron chi connectivity index (χ4n) is 1.93. The van der Waals surface area contributed by atoms with E-state index < -0.39 is 0 Å². The molecule has 0 aliphatic carbocycles. The Kier molecular flexibility index (Phi) is 2.65. The second-order valence-corrected chi connectivity index (χ2v) is 4.26. The number of hydrogen-bond acceptors (Lipinski definition) is 2. The van der Waals surface area contributed by atoms with Gasteiger partial charge in [0.15, 0.2) is 0 Å². The molecule has 3 rings (SSSR count). The van der Waals surface area contributed by atoms with Crippen molar-refractivity contribution in [3.63, 3.8) is 0 Å². The molecule has 0 atom stereocenters. The minimum absolute atomic E-state index is 0.977. The van der Waals surface area contributed by atoms with Crippen molar-refractivity contribution in [2.45, 2.75) is 6.92 Å². The maximum Gasteiger partial charge on any atom is 0.0923 e. The number of nitrogens with one attached hydrogen (secondary N) is 1. The summed E-state index contributed by atoms with van der Waals surface area (Å²) in [5.41, 5.74) is 5.46. The molecule has 3 heteroatoms. The minimum atomic E-state index is 0.977. The van der Waals surface area contributed by atoms with E-state index in [0.29, 0.717) is 0 Å². The standard InChI is InChI=1S/C15H13N3/c1-11-9-15(18-17-11)13-6-4-12(5-7-13)14-3-2-8-16-10-14/h2-10H,1H3,(H,17,18). The number of H-pyrrole nitrogens is 1. The van der Waals surface area contributed by atoms with Gasteiger partial charge < -0.3 is 0 Å². The Morgan fingerprint density at radius 2 is 1.72 bits per heavy atom. The summed E-state index contributed by atoms with van der Waals surface area (Å²) in [5.74, 6) is 0. The van der Waals surface area contributed by atoms with Crippen LogP contribution in [0.15, 0.2) is 54.9 Å². The Morgan fingerprint density at radius 1 is 0.944 bits per heavy atom. The van der Waals surface area contributed by atoms with Crippen LogP contribution in [0, 0.1) is 6.92 Å². The molecule has 0 aliphatic heterocycles. The van der Waals surface area contributed by atoms with Crippen LogP contribution in [0.25, 0.3) is 22.4 Å². The lowest BCUT2D eigenvalue weighted by atomic mass is 10.0. The molecule has 2 heterocycles. The summed E-state index contributed by atoms with van der Waals surface area (Å²) in [4.78, 5) is 4.13. The van der Waals surface area contributed by atoms with Crippen LogP contribution in [0.4, 0.5) is 0 Å². The number of aromatic nitrogens is 3. The number of benzene rings is 1. The second-order valence-electron chi connectivity index (χ2n) is 4.26. The van der Waals surface area contributed by atoms with Gasteiger partial charge in [0.25, 0.3) is 0 Å². The van der Waals surface area contributed by atoms with Crippen molar-refractivity contribution in [3.05, 3.63) is 60.6 Å². The van der Waals surface area contributed by atoms with Crippen molar-refractivity contribution in [3.8, 4) is 22.4 Å². The molecule has 1 N–H and O–H groups in total. The number of aryl methyl sites for hydroxylation is 1. The predicted octanol–water partition coefficient (Wildman–Crippen LogP) is 3.45. The molecule has 1 aromatic carbocycles. The van der Waals surface area contributed by atoms with Gasteiger partial charge in [-0.15, -0.1) is 0 Å². The summed E-state index contributed by atoms with van der Waals surface area (Å²) < 4.78 is 0. The normalized spacial score (nSPS) is 10.5. The van der Waals surface area contributed by atoms with Gasteiger partial charge in [-0.05, 0) is 30.2 Å². The summed E-state index contributed by atoms with van der Waals surface area (Å²) in [6.45, 7) is 2.00. The van der Waals surface area contributed by atoms with Crippen molar-refractivity contribution < 1.29 is 0 Å². The minimum Gasteiger partial charge on any atom is -0.282 e. The van der Waals surface area contributed by atoms with Crippen LogP contribution in [0.3, 0.4) is 0 Å². The predicted molar refractivity (Wildman–Crippen MR) is 72.0 cm³/mol. The fourth-order valence-corrected chi connectivity index (χ4v) is 1.93. The van der Waals surface area contributed by atoms with Gasteiger partial charge in [-0.1, -0.05) is 30.3 Å². The van der Waals surface area contributed by atoms with Gasteiger partial charge in [-0.3, -0.25) is 10.1 Å². The lowest BCUT2D eigenvalue weighted by Gasteiger charge is -2.02. The molecule has 18 heavy (non-hydrogen) atoms. The van der Waals surface area contributed by atoms with Crippen LogP contribution in [-0.2, 0) is 0 Å². The molecule has 0 aliphatic rings. The Hall–Kier alpha value is -2.42. The average molecular weight is 235 g/mol. The van der Waals surface area contributed by atoms with Crippen molar-refractivity contribution in [2.24, 2.45) is 0 Å². The van der Waals surface area contributed by atoms with E-state index >= 15 is 0 Å². The molecule has 0 radical (unpaired) electrons. The number of rotatable bonds is 2. The number of hydrogen-bond donors (Lipinski definition) is 1. The van der Waals surface area contributed by atoms with E-state index in [-0.39, 0.29) is 0 Å². The summed E-state index contributed by atoms with van der Waals surface area (Å²) in [6, 6.07) is 14.4. The van der Waals surface area contributed by atoms with E-state index in [1.807, 2.05) is 25.3 Å². The van der Waals surface area contributed by atoms with Crippen molar-refractivity contribution in [1.82, 2.24) is 15.2 Å². The van der Waals surface area contributed by atoms with Crippen molar-refractivity contribution >= 4 is 0 Å². The van der Waals surface area contributed by atoms with Gasteiger partial charge in [-0.2, -0.15) is 5.10 Å². The van der Waals surface area contributed by atoms with E-state index in [4.69, 9.17) is 0 Å². The molecule has 88 valence electrons. The maximum atomic E-state index is 4.25. The summed E-state index contributed by atoms with van der Waals surface area (Å²) >= 11 is 0. The zero-order chi connectivity index (χ0) is 12.4. The zero-order valence-electron chi connectivity index (χ0n) is 10.1. The van der Waals surface area contributed by atoms with Gasteiger partial charge in [0.2, 0.25) is 0 Å². The summed E-state index contributed by atoms with van der Waals surface area (Å²) in [6.07, 6.45) is 3.65. The molecule has 0 fully saturated rings. The van der Waals surface area contributed by atoms with Gasteiger partial charge in [0.05, 0.1) is 5.69 Å². The van der Waals surface area contributed by atoms with Gasteiger partial charge in [0, 0.05) is 23.7 Å². The van der Waals surface area contributed by atoms with E-state index in [1.54, 1.807) is 6.20 Å². The van der Waals surface area contributed by atoms with Crippen molar-refractivity contribution in [1.29, 1.82) is 0 Å². The molecule has 0 bridgehead atoms. The third-order valence-corrected chi connectivity index (χ3v) is 2.88. The van der Waals surface area contributed by atoms with E-state index in [1.165, 1.54) is 5.56 Å². The first-order valence-electron chi connectivity index (χ1n) is 5.86. The van der Waals surface area contributed by atoms with Gasteiger partial charge in [0.1, 0.15) is 0 Å². The third kappa shape index (κ3) is 2.02. The largest absolute Gasteiger partial charge is 0.282 e. The average Bonchev–Trinajstić information content (AvgIpc) is 2.87. The topological polar surface area (TPSA) is 41.6 Å². The SMILES string of the molecule is Cc1cc(-c2ccc(-c3cccnc3)cc2)n[nH]1. The quantitative estimate of drug-likeness (QED) is 0.739. The highest BCUT2D eigenvalue weighted by Gasteiger charge is 2.02. The van der Waals surface area contributed by atoms with E-state index in [9.17, 15) is 0 Å². The first kappa shape index (κ1) is 10.7. The smallest absolute Gasteiger partial charge is 0.0923 e. The number of nitrogens with zero attached hydrogens (tertiary/aromatic N) is 2. The molecule has 0 saturated carbocycles. The number of pyridine rings is 1. The summed E-state index contributed by atoms with van der Waals surface area (Å²) in [5, 5.41) is 7.20. The lowest BCUT2D eigenvalue weighted by molar-refractivity contribution is 1.05. The third-order valence-electron chi connectivity index (χ3n) is 2.88. The highest BCUT2D eigenvalue weighted by atomic mass is 15.1. The lowest BCUT2D eigenvalue weighted by Crippen LogP contribution is -1.81. The fraction of sp³-hybridized carbons (Fsp3) is 0.0667. The van der Waals surface area contributed by atoms with Crippen LogP contribution >= 0.6 is 0 Å².